The van der Waals surface area contributed by atoms with E-state index >= 15 is 0 Å². The van der Waals surface area contributed by atoms with Gasteiger partial charge < -0.3 is 0 Å². The summed E-state index contributed by atoms with van der Waals surface area (Å²) in [6, 6.07) is 0.736. The van der Waals surface area contributed by atoms with Crippen LogP contribution in [0.25, 0.3) is 0 Å². The summed E-state index contributed by atoms with van der Waals surface area (Å²) in [6.45, 7) is 0. The molecule has 2 radical (unpaired) electrons. The molecule has 10 heavy (non-hydrogen) atoms. The van der Waals surface area contributed by atoms with Gasteiger partial charge in [0.1, 0.15) is 7.85 Å². The second kappa shape index (κ2) is 2.03. The normalized spacial score (nSPS) is 11.9. The first kappa shape index (κ1) is 7.18. The average Bonchev–Trinajstić information content (AvgIpc) is 2.11. The molecule has 1 aromatic heterocycles. The second-order valence-electron chi connectivity index (χ2n) is 1.71. The maximum Gasteiger partial charge on any atom is 0.435 e. The van der Waals surface area contributed by atoms with E-state index in [1.807, 2.05) is 5.10 Å². The standard InChI is InChI=1S/C4H2BF3N2/c5-3-1-2(9-10-3)4(6,7)8/h1H,(H,9,10). The van der Waals surface area contributed by atoms with E-state index in [-0.39, 0.29) is 5.59 Å². The van der Waals surface area contributed by atoms with Gasteiger partial charge in [0.25, 0.3) is 0 Å². The predicted octanol–water partition coefficient (Wildman–Crippen LogP) is 0.222. The Morgan fingerprint density at radius 3 is 2.30 bits per heavy atom. The molecule has 1 heterocycles. The fourth-order valence-corrected chi connectivity index (χ4v) is 0.482. The van der Waals surface area contributed by atoms with Crippen LogP contribution in [-0.4, -0.2) is 18.0 Å². The van der Waals surface area contributed by atoms with Crippen molar-refractivity contribution in [2.24, 2.45) is 0 Å². The third-order valence-corrected chi connectivity index (χ3v) is 0.888. The van der Waals surface area contributed by atoms with Crippen LogP contribution in [0.4, 0.5) is 13.2 Å². The van der Waals surface area contributed by atoms with Gasteiger partial charge in [0.15, 0.2) is 5.69 Å². The van der Waals surface area contributed by atoms with Gasteiger partial charge in [-0.1, -0.05) is 0 Å². The maximum absolute atomic E-state index is 11.7. The maximum atomic E-state index is 11.7. The van der Waals surface area contributed by atoms with Gasteiger partial charge in [-0.15, -0.1) is 0 Å². The number of hydrogen-bond donors (Lipinski definition) is 1. The molecule has 0 amide bonds. The van der Waals surface area contributed by atoms with Crippen molar-refractivity contribution in [2.75, 3.05) is 0 Å². The first-order chi connectivity index (χ1) is 4.50. The van der Waals surface area contributed by atoms with Gasteiger partial charge in [-0.05, 0) is 11.7 Å². The van der Waals surface area contributed by atoms with Gasteiger partial charge in [-0.25, -0.2) is 0 Å². The highest BCUT2D eigenvalue weighted by molar-refractivity contribution is 6.30. The lowest BCUT2D eigenvalue weighted by molar-refractivity contribution is -0.141. The summed E-state index contributed by atoms with van der Waals surface area (Å²) >= 11 is 0. The summed E-state index contributed by atoms with van der Waals surface area (Å²) < 4.78 is 35.0. The van der Waals surface area contributed by atoms with Crippen LogP contribution in [0.5, 0.6) is 0 Å². The Morgan fingerprint density at radius 1 is 1.50 bits per heavy atom. The lowest BCUT2D eigenvalue weighted by atomic mass is 10.1. The lowest BCUT2D eigenvalue weighted by Crippen LogP contribution is -2.05. The number of rotatable bonds is 0. The third-order valence-electron chi connectivity index (χ3n) is 0.888. The minimum absolute atomic E-state index is 0.0904. The molecule has 1 N–H and O–H groups in total. The number of halogens is 3. The summed E-state index contributed by atoms with van der Waals surface area (Å²) in [6.07, 6.45) is -4.41. The van der Waals surface area contributed by atoms with Gasteiger partial charge in [0.05, 0.1) is 0 Å². The number of hydrogen-bond acceptors (Lipinski definition) is 1. The molecule has 0 saturated heterocycles. The molecule has 0 aliphatic carbocycles. The topological polar surface area (TPSA) is 28.7 Å². The number of nitrogens with one attached hydrogen (secondary N) is 1. The van der Waals surface area contributed by atoms with Gasteiger partial charge in [0, 0.05) is 0 Å². The number of aromatic amines is 1. The zero-order valence-corrected chi connectivity index (χ0v) is 4.74. The Kier molecular flexibility index (Phi) is 1.46. The summed E-state index contributed by atoms with van der Waals surface area (Å²) in [7, 11) is 4.96. The Morgan fingerprint density at radius 2 is 2.10 bits per heavy atom. The van der Waals surface area contributed by atoms with Crippen molar-refractivity contribution in [3.8, 4) is 0 Å². The summed E-state index contributed by atoms with van der Waals surface area (Å²) in [5, 5.41) is 4.89. The zero-order valence-electron chi connectivity index (χ0n) is 4.74. The van der Waals surface area contributed by atoms with E-state index in [0.29, 0.717) is 0 Å². The highest BCUT2D eigenvalue weighted by atomic mass is 19.4. The molecule has 52 valence electrons. The Balaban J connectivity index is 2.96. The van der Waals surface area contributed by atoms with Crippen LogP contribution in [0, 0.1) is 0 Å². The summed E-state index contributed by atoms with van der Waals surface area (Å²) in [5.74, 6) is 0. The number of nitrogens with zero attached hydrogens (tertiary/aromatic N) is 1. The molecule has 2 nitrogen and oxygen atoms in total. The van der Waals surface area contributed by atoms with Crippen molar-refractivity contribution in [3.63, 3.8) is 0 Å². The molecular weight excluding hydrogens is 144 g/mol. The highest BCUT2D eigenvalue weighted by Gasteiger charge is 2.33. The summed E-state index contributed by atoms with van der Waals surface area (Å²) in [5.41, 5.74) is -1.09. The van der Waals surface area contributed by atoms with E-state index in [4.69, 9.17) is 7.85 Å². The second-order valence-corrected chi connectivity index (χ2v) is 1.71. The zero-order chi connectivity index (χ0) is 7.78. The van der Waals surface area contributed by atoms with Crippen LogP contribution in [0.2, 0.25) is 0 Å². The smallest absolute Gasteiger partial charge is 0.293 e. The van der Waals surface area contributed by atoms with E-state index in [1.165, 1.54) is 0 Å². The van der Waals surface area contributed by atoms with E-state index in [2.05, 4.69) is 5.10 Å². The van der Waals surface area contributed by atoms with Crippen molar-refractivity contribution >= 4 is 13.4 Å². The molecule has 1 aromatic rings. The Bertz CT molecular complexity index is 229. The van der Waals surface area contributed by atoms with Gasteiger partial charge in [0.2, 0.25) is 0 Å². The first-order valence-corrected chi connectivity index (χ1v) is 2.38. The van der Waals surface area contributed by atoms with Crippen LogP contribution in [-0.2, 0) is 6.18 Å². The van der Waals surface area contributed by atoms with E-state index < -0.39 is 11.9 Å². The molecule has 1 rings (SSSR count). The monoisotopic (exact) mass is 146 g/mol. The predicted molar refractivity (Wildman–Crippen MR) is 29.0 cm³/mol. The van der Waals surface area contributed by atoms with E-state index in [0.717, 1.165) is 6.07 Å². The summed E-state index contributed by atoms with van der Waals surface area (Å²) in [4.78, 5) is 0. The fraction of sp³-hybridized carbons (Fsp3) is 0.250. The Hall–Kier alpha value is -0.935. The molecule has 0 spiro atoms. The van der Waals surface area contributed by atoms with Crippen molar-refractivity contribution in [1.82, 2.24) is 10.2 Å². The molecular formula is C4H2BF3N2. The minimum Gasteiger partial charge on any atom is -0.293 e. The lowest BCUT2D eigenvalue weighted by Gasteiger charge is -1.98. The first-order valence-electron chi connectivity index (χ1n) is 2.38. The molecule has 0 unspecified atom stereocenters. The fourth-order valence-electron chi connectivity index (χ4n) is 0.482. The molecule has 0 atom stereocenters. The molecule has 0 saturated carbocycles. The van der Waals surface area contributed by atoms with Crippen molar-refractivity contribution in [2.45, 2.75) is 6.18 Å². The third kappa shape index (κ3) is 1.31. The average molecular weight is 146 g/mol. The number of H-pyrrole nitrogens is 1. The van der Waals surface area contributed by atoms with Crippen LogP contribution in [0.15, 0.2) is 6.07 Å². The Labute approximate surface area is 55.8 Å². The largest absolute Gasteiger partial charge is 0.435 e. The quantitative estimate of drug-likeness (QED) is 0.521. The minimum atomic E-state index is -4.41. The SMILES string of the molecule is [B]c1cc(C(F)(F)F)n[nH]1. The van der Waals surface area contributed by atoms with Crippen molar-refractivity contribution in [1.29, 1.82) is 0 Å². The molecule has 0 fully saturated rings. The molecule has 0 bridgehead atoms. The van der Waals surface area contributed by atoms with Crippen molar-refractivity contribution < 1.29 is 13.2 Å². The molecule has 0 aliphatic heterocycles. The van der Waals surface area contributed by atoms with Crippen LogP contribution >= 0.6 is 0 Å². The number of aromatic nitrogens is 2. The highest BCUT2D eigenvalue weighted by Crippen LogP contribution is 2.25. The van der Waals surface area contributed by atoms with E-state index in [9.17, 15) is 13.2 Å². The van der Waals surface area contributed by atoms with Crippen LogP contribution in [0.1, 0.15) is 5.69 Å². The molecule has 6 heteroatoms. The van der Waals surface area contributed by atoms with Crippen LogP contribution < -0.4 is 5.59 Å². The van der Waals surface area contributed by atoms with Gasteiger partial charge in [-0.2, -0.15) is 18.3 Å². The van der Waals surface area contributed by atoms with Gasteiger partial charge in [-0.3, -0.25) is 5.10 Å². The van der Waals surface area contributed by atoms with Crippen LogP contribution in [0.3, 0.4) is 0 Å². The number of alkyl halides is 3. The van der Waals surface area contributed by atoms with Gasteiger partial charge >= 0.3 is 6.18 Å². The molecule has 0 aliphatic rings. The van der Waals surface area contributed by atoms with Crippen molar-refractivity contribution in [3.05, 3.63) is 11.8 Å². The van der Waals surface area contributed by atoms with E-state index in [1.54, 1.807) is 0 Å². The molecule has 0 aromatic carbocycles.